The van der Waals surface area contributed by atoms with E-state index in [2.05, 4.69) is 20.7 Å². The van der Waals surface area contributed by atoms with Crippen LogP contribution < -0.4 is 10.6 Å². The van der Waals surface area contributed by atoms with Crippen LogP contribution in [0, 0.1) is 0 Å². The van der Waals surface area contributed by atoms with E-state index in [1.807, 2.05) is 24.3 Å². The number of nitrogens with zero attached hydrogens (tertiary/aromatic N) is 3. The maximum atomic E-state index is 12.1. The van der Waals surface area contributed by atoms with Crippen molar-refractivity contribution in [3.8, 4) is 0 Å². The van der Waals surface area contributed by atoms with Crippen molar-refractivity contribution in [2.45, 2.75) is 25.3 Å². The van der Waals surface area contributed by atoms with E-state index in [-0.39, 0.29) is 18.0 Å². The largest absolute Gasteiger partial charge is 0.469 e. The lowest BCUT2D eigenvalue weighted by atomic mass is 9.93. The molecule has 22 heavy (non-hydrogen) atoms. The highest BCUT2D eigenvalue weighted by Gasteiger charge is 2.24. The molecular weight excluding hydrogens is 282 g/mol. The third kappa shape index (κ3) is 2.30. The molecule has 1 aliphatic rings. The number of amides is 2. The Balaban J connectivity index is 1.47. The summed E-state index contributed by atoms with van der Waals surface area (Å²) in [7, 11) is 0. The number of urea groups is 1. The number of nitrogens with one attached hydrogen (secondary N) is 2. The summed E-state index contributed by atoms with van der Waals surface area (Å²) >= 11 is 0. The maximum Gasteiger partial charge on any atom is 0.322 e. The van der Waals surface area contributed by atoms with Crippen molar-refractivity contribution in [2.24, 2.45) is 0 Å². The zero-order valence-electron chi connectivity index (χ0n) is 11.8. The average Bonchev–Trinajstić information content (AvgIpc) is 3.12. The summed E-state index contributed by atoms with van der Waals surface area (Å²) in [4.78, 5) is 16.4. The molecule has 1 unspecified atom stereocenters. The summed E-state index contributed by atoms with van der Waals surface area (Å²) in [5, 5.41) is 9.83. The van der Waals surface area contributed by atoms with Crippen LogP contribution in [0.15, 0.2) is 41.1 Å². The summed E-state index contributed by atoms with van der Waals surface area (Å²) in [6.45, 7) is 0. The van der Waals surface area contributed by atoms with E-state index in [1.54, 1.807) is 17.0 Å². The molecule has 3 aromatic heterocycles. The zero-order valence-corrected chi connectivity index (χ0v) is 11.8. The van der Waals surface area contributed by atoms with Gasteiger partial charge in [0, 0.05) is 18.2 Å². The van der Waals surface area contributed by atoms with Gasteiger partial charge in [-0.25, -0.2) is 9.31 Å². The van der Waals surface area contributed by atoms with Crippen molar-refractivity contribution in [1.82, 2.24) is 19.9 Å². The number of anilines is 1. The van der Waals surface area contributed by atoms with Crippen molar-refractivity contribution < 1.29 is 9.21 Å². The third-order valence-corrected chi connectivity index (χ3v) is 3.82. The Morgan fingerprint density at radius 3 is 3.23 bits per heavy atom. The third-order valence-electron chi connectivity index (χ3n) is 3.82. The number of aromatic nitrogens is 3. The molecule has 112 valence electrons. The number of fused-ring (bicyclic) bond motifs is 2. The van der Waals surface area contributed by atoms with Gasteiger partial charge < -0.3 is 9.73 Å². The molecule has 1 atom stereocenters. The molecule has 0 saturated carbocycles. The standard InChI is InChI=1S/C15H15N5O2/c21-15(16-11-4-3-5-12-10(11)7-9-22-12)18-14-17-13-6-1-2-8-20(13)19-14/h1-2,6-9,11H,3-5H2,(H2,16,18,19,21). The van der Waals surface area contributed by atoms with E-state index in [1.165, 1.54) is 0 Å². The number of furan rings is 1. The first kappa shape index (κ1) is 12.9. The Morgan fingerprint density at radius 1 is 1.36 bits per heavy atom. The molecule has 7 heteroatoms. The molecule has 0 bridgehead atoms. The quantitative estimate of drug-likeness (QED) is 0.761. The van der Waals surface area contributed by atoms with Crippen LogP contribution in [0.25, 0.3) is 5.65 Å². The highest BCUT2D eigenvalue weighted by Crippen LogP contribution is 2.30. The number of hydrogen-bond donors (Lipinski definition) is 2. The molecule has 7 nitrogen and oxygen atoms in total. The van der Waals surface area contributed by atoms with E-state index < -0.39 is 0 Å². The van der Waals surface area contributed by atoms with Gasteiger partial charge >= 0.3 is 6.03 Å². The molecule has 0 aromatic carbocycles. The zero-order chi connectivity index (χ0) is 14.9. The summed E-state index contributed by atoms with van der Waals surface area (Å²) in [6, 6.07) is 7.14. The van der Waals surface area contributed by atoms with Crippen LogP contribution >= 0.6 is 0 Å². The van der Waals surface area contributed by atoms with Gasteiger partial charge in [-0.3, -0.25) is 5.32 Å². The molecule has 0 fully saturated rings. The number of rotatable bonds is 2. The molecule has 1 aliphatic carbocycles. The van der Waals surface area contributed by atoms with Gasteiger partial charge in [-0.05, 0) is 31.0 Å². The van der Waals surface area contributed by atoms with Crippen LogP contribution in [-0.2, 0) is 6.42 Å². The van der Waals surface area contributed by atoms with Crippen molar-refractivity contribution >= 4 is 17.6 Å². The summed E-state index contributed by atoms with van der Waals surface area (Å²) in [6.07, 6.45) is 6.28. The minimum absolute atomic E-state index is 0.0282. The normalized spacial score (nSPS) is 17.2. The maximum absolute atomic E-state index is 12.1. The van der Waals surface area contributed by atoms with Crippen molar-refractivity contribution in [3.63, 3.8) is 0 Å². The fourth-order valence-corrected chi connectivity index (χ4v) is 2.82. The first-order chi connectivity index (χ1) is 10.8. The highest BCUT2D eigenvalue weighted by molar-refractivity contribution is 5.87. The molecule has 0 aliphatic heterocycles. The summed E-state index contributed by atoms with van der Waals surface area (Å²) in [5.74, 6) is 1.24. The van der Waals surface area contributed by atoms with E-state index in [0.717, 1.165) is 30.6 Å². The van der Waals surface area contributed by atoms with Crippen molar-refractivity contribution in [2.75, 3.05) is 5.32 Å². The van der Waals surface area contributed by atoms with Gasteiger partial charge in [0.15, 0.2) is 5.65 Å². The predicted molar refractivity (Wildman–Crippen MR) is 79.5 cm³/mol. The smallest absolute Gasteiger partial charge is 0.322 e. The van der Waals surface area contributed by atoms with Crippen molar-refractivity contribution in [1.29, 1.82) is 0 Å². The highest BCUT2D eigenvalue weighted by atomic mass is 16.3. The molecule has 2 amide bonds. The van der Waals surface area contributed by atoms with Gasteiger partial charge in [0.25, 0.3) is 5.95 Å². The van der Waals surface area contributed by atoms with Crippen LogP contribution in [0.2, 0.25) is 0 Å². The number of hydrogen-bond acceptors (Lipinski definition) is 4. The van der Waals surface area contributed by atoms with Gasteiger partial charge in [-0.1, -0.05) is 6.07 Å². The van der Waals surface area contributed by atoms with Gasteiger partial charge in [0.05, 0.1) is 12.3 Å². The van der Waals surface area contributed by atoms with Gasteiger partial charge in [0.1, 0.15) is 5.76 Å². The second kappa shape index (κ2) is 5.18. The van der Waals surface area contributed by atoms with Crippen LogP contribution in [0.1, 0.15) is 30.2 Å². The molecular formula is C15H15N5O2. The molecule has 3 heterocycles. The topological polar surface area (TPSA) is 84.5 Å². The van der Waals surface area contributed by atoms with Crippen LogP contribution in [0.5, 0.6) is 0 Å². The summed E-state index contributed by atoms with van der Waals surface area (Å²) < 4.78 is 7.04. The fraction of sp³-hybridized carbons (Fsp3) is 0.267. The minimum Gasteiger partial charge on any atom is -0.469 e. The second-order valence-electron chi connectivity index (χ2n) is 5.28. The van der Waals surface area contributed by atoms with E-state index in [9.17, 15) is 4.79 Å². The first-order valence-corrected chi connectivity index (χ1v) is 7.25. The molecule has 0 spiro atoms. The monoisotopic (exact) mass is 297 g/mol. The van der Waals surface area contributed by atoms with E-state index in [4.69, 9.17) is 4.42 Å². The fourth-order valence-electron chi connectivity index (χ4n) is 2.82. The number of aryl methyl sites for hydroxylation is 1. The number of carbonyl (C=O) groups excluding carboxylic acids is 1. The summed E-state index contributed by atoms with van der Waals surface area (Å²) in [5.41, 5.74) is 1.75. The molecule has 2 N–H and O–H groups in total. The van der Waals surface area contributed by atoms with Crippen LogP contribution in [-0.4, -0.2) is 20.6 Å². The Labute approximate surface area is 126 Å². The van der Waals surface area contributed by atoms with Crippen LogP contribution in [0.4, 0.5) is 10.7 Å². The Morgan fingerprint density at radius 2 is 2.32 bits per heavy atom. The molecule has 0 saturated heterocycles. The van der Waals surface area contributed by atoms with E-state index >= 15 is 0 Å². The lowest BCUT2D eigenvalue weighted by molar-refractivity contribution is 0.246. The lowest BCUT2D eigenvalue weighted by Crippen LogP contribution is -2.34. The SMILES string of the molecule is O=C(Nc1nc2ccccn2n1)NC1CCCc2occc21. The lowest BCUT2D eigenvalue weighted by Gasteiger charge is -2.22. The minimum atomic E-state index is -0.310. The number of carbonyl (C=O) groups is 1. The van der Waals surface area contributed by atoms with Gasteiger partial charge in [-0.2, -0.15) is 4.98 Å². The van der Waals surface area contributed by atoms with Crippen molar-refractivity contribution in [3.05, 3.63) is 48.0 Å². The molecule has 0 radical (unpaired) electrons. The van der Waals surface area contributed by atoms with Gasteiger partial charge in [-0.15, -0.1) is 5.10 Å². The Kier molecular flexibility index (Phi) is 3.03. The Bertz CT molecular complexity index is 789. The van der Waals surface area contributed by atoms with E-state index in [0.29, 0.717) is 5.65 Å². The Hall–Kier alpha value is -2.83. The first-order valence-electron chi connectivity index (χ1n) is 7.25. The molecule has 4 rings (SSSR count). The van der Waals surface area contributed by atoms with Gasteiger partial charge in [0.2, 0.25) is 0 Å². The van der Waals surface area contributed by atoms with Crippen LogP contribution in [0.3, 0.4) is 0 Å². The second-order valence-corrected chi connectivity index (χ2v) is 5.28. The average molecular weight is 297 g/mol. The predicted octanol–water partition coefficient (Wildman–Crippen LogP) is 2.52. The number of pyridine rings is 1. The molecule has 3 aromatic rings.